The molecule has 5 heterocycles. The third kappa shape index (κ3) is 5.89. The molecule has 12 heteroatoms. The smallest absolute Gasteiger partial charge is 0.235 e. The van der Waals surface area contributed by atoms with Gasteiger partial charge in [0.1, 0.15) is 17.4 Å². The van der Waals surface area contributed by atoms with Gasteiger partial charge in [-0.3, -0.25) is 9.59 Å². The second-order valence-electron chi connectivity index (χ2n) is 12.9. The number of likely N-dealkylation sites (N-methyl/N-ethyl adjacent to an activating group) is 1. The van der Waals surface area contributed by atoms with E-state index in [1.54, 1.807) is 37.7 Å². The van der Waals surface area contributed by atoms with Gasteiger partial charge < -0.3 is 28.7 Å². The number of fused-ring (bicyclic) bond motifs is 1. The number of benzene rings is 1. The molecule has 46 heavy (non-hydrogen) atoms. The fourth-order valence-corrected chi connectivity index (χ4v) is 6.66. The second kappa shape index (κ2) is 12.4. The highest BCUT2D eigenvalue weighted by Gasteiger charge is 2.42. The number of ketones is 1. The summed E-state index contributed by atoms with van der Waals surface area (Å²) in [6.45, 7) is 8.63. The first-order valence-corrected chi connectivity index (χ1v) is 16.0. The molecule has 0 radical (unpaired) electrons. The molecule has 6 rings (SSSR count). The Kier molecular flexibility index (Phi) is 8.65. The summed E-state index contributed by atoms with van der Waals surface area (Å²) in [5.41, 5.74) is 1.73. The Bertz CT molecular complexity index is 1850. The van der Waals surface area contributed by atoms with Gasteiger partial charge in [0.2, 0.25) is 11.8 Å². The lowest BCUT2D eigenvalue weighted by atomic mass is 9.85. The number of nitrogens with zero attached hydrogens (tertiary/aromatic N) is 6. The Labute approximate surface area is 278 Å². The van der Waals surface area contributed by atoms with Crippen molar-refractivity contribution in [1.82, 2.24) is 19.4 Å². The van der Waals surface area contributed by atoms with E-state index in [0.29, 0.717) is 45.4 Å². The van der Waals surface area contributed by atoms with Crippen LogP contribution in [-0.4, -0.2) is 84.7 Å². The molecule has 0 amide bonds. The van der Waals surface area contributed by atoms with Gasteiger partial charge in [0.05, 0.1) is 46.8 Å². The van der Waals surface area contributed by atoms with Gasteiger partial charge in [0, 0.05) is 43.3 Å². The quantitative estimate of drug-likeness (QED) is 0.208. The second-order valence-corrected chi connectivity index (χ2v) is 13.7. The van der Waals surface area contributed by atoms with Gasteiger partial charge in [-0.2, -0.15) is 4.98 Å². The Morgan fingerprint density at radius 3 is 2.52 bits per heavy atom. The van der Waals surface area contributed by atoms with E-state index in [-0.39, 0.29) is 28.2 Å². The van der Waals surface area contributed by atoms with E-state index in [1.165, 1.54) is 6.92 Å². The highest BCUT2D eigenvalue weighted by atomic mass is 35.5. The van der Waals surface area contributed by atoms with E-state index in [1.807, 2.05) is 22.8 Å². The predicted molar refractivity (Wildman–Crippen MR) is 183 cm³/mol. The van der Waals surface area contributed by atoms with Crippen LogP contribution in [0.4, 0.5) is 11.5 Å². The van der Waals surface area contributed by atoms with Crippen molar-refractivity contribution < 1.29 is 14.3 Å². The third-order valence-electron chi connectivity index (χ3n) is 9.34. The van der Waals surface area contributed by atoms with E-state index in [0.717, 1.165) is 43.2 Å². The molecule has 242 valence electrons. The van der Waals surface area contributed by atoms with Crippen molar-refractivity contribution in [2.45, 2.75) is 39.3 Å². The number of ether oxygens (including phenoxy) is 2. The molecule has 0 spiro atoms. The minimum Gasteiger partial charge on any atom is -0.481 e. The Hall–Kier alpha value is -3.86. The van der Waals surface area contributed by atoms with Gasteiger partial charge in [0.25, 0.3) is 0 Å². The SMILES string of the molecule is COc1ccc(Cl)c(OCC2N(c3cc4c(cc3Cl)c(=O)c(C(C)=O)cn4-c3ccc(N4CC(N(C)C)C4)nc3)CCC2(C)C)n1. The lowest BCUT2D eigenvalue weighted by molar-refractivity contribution is 0.101. The average Bonchev–Trinajstić information content (AvgIpc) is 3.29. The van der Waals surface area contributed by atoms with Crippen molar-refractivity contribution in [3.63, 3.8) is 0 Å². The zero-order valence-electron chi connectivity index (χ0n) is 26.9. The van der Waals surface area contributed by atoms with Gasteiger partial charge in [-0.25, -0.2) is 4.98 Å². The summed E-state index contributed by atoms with van der Waals surface area (Å²) < 4.78 is 13.3. The first-order valence-electron chi connectivity index (χ1n) is 15.3. The van der Waals surface area contributed by atoms with Gasteiger partial charge in [-0.1, -0.05) is 37.0 Å². The molecule has 2 aliphatic heterocycles. The maximum atomic E-state index is 13.5. The lowest BCUT2D eigenvalue weighted by Crippen LogP contribution is -2.57. The number of hydrogen-bond donors (Lipinski definition) is 0. The number of Topliss-reactive ketones (excluding diaryl/α,β-unsaturated/α-hetero) is 1. The van der Waals surface area contributed by atoms with Crippen LogP contribution in [0.25, 0.3) is 16.6 Å². The third-order valence-corrected chi connectivity index (χ3v) is 9.93. The summed E-state index contributed by atoms with van der Waals surface area (Å²) in [4.78, 5) is 41.9. The van der Waals surface area contributed by atoms with Crippen molar-refractivity contribution >= 4 is 51.4 Å². The van der Waals surface area contributed by atoms with Crippen molar-refractivity contribution in [2.24, 2.45) is 5.41 Å². The largest absolute Gasteiger partial charge is 0.481 e. The molecule has 2 fully saturated rings. The standard InChI is InChI=1S/C34H38Cl2N6O4/c1-20(43)24-18-42(21-7-9-30(37-15-21)40-16-22(17-40)39(4)5)27-14-28(26(36)13-23(27)32(24)44)41-12-11-34(2,3)29(41)19-46-33-25(35)8-10-31(38-33)45-6/h7-10,13-15,18,22,29H,11-12,16-17,19H2,1-6H3. The summed E-state index contributed by atoms with van der Waals surface area (Å²) in [5.74, 6) is 1.28. The van der Waals surface area contributed by atoms with E-state index in [4.69, 9.17) is 37.7 Å². The number of carbonyl (C=O) groups is 1. The Balaban J connectivity index is 1.39. The van der Waals surface area contributed by atoms with Gasteiger partial charge >= 0.3 is 0 Å². The van der Waals surface area contributed by atoms with Crippen LogP contribution < -0.4 is 24.7 Å². The molecule has 2 saturated heterocycles. The van der Waals surface area contributed by atoms with Gasteiger partial charge in [-0.15, -0.1) is 0 Å². The Morgan fingerprint density at radius 2 is 1.87 bits per heavy atom. The summed E-state index contributed by atoms with van der Waals surface area (Å²) in [5, 5.41) is 1.17. The molecule has 1 atom stereocenters. The van der Waals surface area contributed by atoms with Gasteiger partial charge in [0.15, 0.2) is 11.2 Å². The maximum Gasteiger partial charge on any atom is 0.235 e. The topological polar surface area (TPSA) is 93.0 Å². The molecular formula is C34H38Cl2N6O4. The predicted octanol–water partition coefficient (Wildman–Crippen LogP) is 5.73. The monoisotopic (exact) mass is 664 g/mol. The summed E-state index contributed by atoms with van der Waals surface area (Å²) in [6.07, 6.45) is 4.28. The van der Waals surface area contributed by atoms with Crippen LogP contribution >= 0.6 is 23.2 Å². The minimum atomic E-state index is -0.354. The van der Waals surface area contributed by atoms with E-state index in [9.17, 15) is 9.59 Å². The molecule has 0 aliphatic carbocycles. The molecule has 1 aromatic carbocycles. The van der Waals surface area contributed by atoms with E-state index in [2.05, 4.69) is 47.6 Å². The number of pyridine rings is 3. The van der Waals surface area contributed by atoms with Crippen molar-refractivity contribution in [2.75, 3.05) is 57.2 Å². The fraction of sp³-hybridized carbons (Fsp3) is 0.412. The average molecular weight is 666 g/mol. The van der Waals surface area contributed by atoms with Crippen LogP contribution in [0, 0.1) is 5.41 Å². The molecule has 4 aromatic rings. The molecule has 3 aromatic heterocycles. The molecule has 10 nitrogen and oxygen atoms in total. The van der Waals surface area contributed by atoms with Crippen LogP contribution in [0.2, 0.25) is 10.0 Å². The van der Waals surface area contributed by atoms with Crippen molar-refractivity contribution in [3.05, 3.63) is 74.6 Å². The van der Waals surface area contributed by atoms with E-state index >= 15 is 0 Å². The minimum absolute atomic E-state index is 0.0909. The van der Waals surface area contributed by atoms with Crippen molar-refractivity contribution in [1.29, 1.82) is 0 Å². The number of hydrogen-bond acceptors (Lipinski definition) is 9. The van der Waals surface area contributed by atoms with Crippen LogP contribution in [0.15, 0.2) is 53.6 Å². The fourth-order valence-electron chi connectivity index (χ4n) is 6.23. The summed E-state index contributed by atoms with van der Waals surface area (Å²) >= 11 is 13.3. The molecule has 0 N–H and O–H groups in total. The van der Waals surface area contributed by atoms with Crippen LogP contribution in [-0.2, 0) is 0 Å². The number of methoxy groups -OCH3 is 1. The first-order chi connectivity index (χ1) is 21.9. The van der Waals surface area contributed by atoms with Crippen LogP contribution in [0.5, 0.6) is 11.8 Å². The first kappa shape index (κ1) is 32.1. The maximum absolute atomic E-state index is 13.5. The van der Waals surface area contributed by atoms with Crippen LogP contribution in [0.3, 0.4) is 0 Å². The molecule has 0 saturated carbocycles. The highest BCUT2D eigenvalue weighted by molar-refractivity contribution is 6.34. The molecule has 2 aliphatic rings. The lowest BCUT2D eigenvalue weighted by Gasteiger charge is -2.43. The zero-order chi connectivity index (χ0) is 32.9. The Morgan fingerprint density at radius 1 is 1.11 bits per heavy atom. The number of rotatable bonds is 9. The number of aromatic nitrogens is 3. The highest BCUT2D eigenvalue weighted by Crippen LogP contribution is 2.43. The molecule has 1 unspecified atom stereocenters. The number of carbonyl (C=O) groups excluding carboxylic acids is 1. The van der Waals surface area contributed by atoms with Crippen LogP contribution in [0.1, 0.15) is 37.6 Å². The van der Waals surface area contributed by atoms with Crippen molar-refractivity contribution in [3.8, 4) is 17.4 Å². The number of halogens is 2. The van der Waals surface area contributed by atoms with Gasteiger partial charge in [-0.05, 0) is 63.2 Å². The summed E-state index contributed by atoms with van der Waals surface area (Å²) in [6, 6.07) is 11.3. The summed E-state index contributed by atoms with van der Waals surface area (Å²) in [7, 11) is 5.71. The molecule has 0 bridgehead atoms. The normalized spacial score (nSPS) is 17.9. The zero-order valence-corrected chi connectivity index (χ0v) is 28.4. The number of anilines is 2. The molecular weight excluding hydrogens is 627 g/mol. The van der Waals surface area contributed by atoms with E-state index < -0.39 is 0 Å².